The molecule has 1 fully saturated rings. The van der Waals surface area contributed by atoms with Crippen LogP contribution >= 0.6 is 12.6 Å². The molecule has 19 heavy (non-hydrogen) atoms. The summed E-state index contributed by atoms with van der Waals surface area (Å²) in [5, 5.41) is 3.82. The average molecular weight is 286 g/mol. The van der Waals surface area contributed by atoms with Gasteiger partial charge in [0.1, 0.15) is 0 Å². The minimum Gasteiger partial charge on any atom is -0.389 e. The maximum Gasteiger partial charge on any atom is 0.0500 e. The maximum absolute atomic E-state index is 4.49. The van der Waals surface area contributed by atoms with Gasteiger partial charge in [0, 0.05) is 50.3 Å². The van der Waals surface area contributed by atoms with Gasteiger partial charge in [-0.25, -0.2) is 0 Å². The molecule has 1 aliphatic heterocycles. The summed E-state index contributed by atoms with van der Waals surface area (Å²) in [5.41, 5.74) is 1.19. The van der Waals surface area contributed by atoms with E-state index in [9.17, 15) is 0 Å². The van der Waals surface area contributed by atoms with Crippen molar-refractivity contribution in [1.29, 1.82) is 0 Å². The van der Waals surface area contributed by atoms with Crippen molar-refractivity contribution in [3.8, 4) is 0 Å². The van der Waals surface area contributed by atoms with E-state index in [4.69, 9.17) is 0 Å². The third-order valence-electron chi connectivity index (χ3n) is 3.76. The summed E-state index contributed by atoms with van der Waals surface area (Å²) in [6.07, 6.45) is 2.28. The fourth-order valence-corrected chi connectivity index (χ4v) is 2.51. The fourth-order valence-electron chi connectivity index (χ4n) is 2.28. The summed E-state index contributed by atoms with van der Waals surface area (Å²) in [5.74, 6) is 0.761. The van der Waals surface area contributed by atoms with E-state index >= 15 is 0 Å². The molecule has 1 N–H and O–H groups in total. The van der Waals surface area contributed by atoms with Crippen LogP contribution < -0.4 is 5.32 Å². The molecule has 1 aliphatic rings. The van der Waals surface area contributed by atoms with Crippen LogP contribution in [0.2, 0.25) is 0 Å². The summed E-state index contributed by atoms with van der Waals surface area (Å²) in [7, 11) is 0. The first kappa shape index (κ1) is 16.9. The first-order chi connectivity index (χ1) is 8.99. The highest BCUT2D eigenvalue weighted by molar-refractivity contribution is 7.80. The van der Waals surface area contributed by atoms with Crippen LogP contribution in [-0.2, 0) is 0 Å². The van der Waals surface area contributed by atoms with E-state index in [1.807, 2.05) is 0 Å². The van der Waals surface area contributed by atoms with Gasteiger partial charge < -0.3 is 10.2 Å². The number of rotatable bonds is 8. The lowest BCUT2D eigenvalue weighted by molar-refractivity contribution is 0.129. The second kappa shape index (κ2) is 8.88. The van der Waals surface area contributed by atoms with Gasteiger partial charge in [-0.05, 0) is 25.7 Å². The van der Waals surface area contributed by atoms with E-state index in [2.05, 4.69) is 55.1 Å². The second-order valence-corrected chi connectivity index (χ2v) is 6.72. The molecule has 0 spiro atoms. The van der Waals surface area contributed by atoms with E-state index in [1.54, 1.807) is 0 Å². The molecular formula is C15H31N3S. The Kier molecular flexibility index (Phi) is 7.88. The number of nitrogens with one attached hydrogen (secondary N) is 1. The van der Waals surface area contributed by atoms with Gasteiger partial charge in [-0.1, -0.05) is 20.4 Å². The number of hydrogen-bond donors (Lipinski definition) is 2. The molecule has 0 bridgehead atoms. The lowest BCUT2D eigenvalue weighted by Gasteiger charge is -2.36. The Labute approximate surface area is 124 Å². The molecule has 1 saturated heterocycles. The van der Waals surface area contributed by atoms with E-state index in [-0.39, 0.29) is 0 Å². The van der Waals surface area contributed by atoms with Gasteiger partial charge in [0.05, 0.1) is 0 Å². The second-order valence-electron chi connectivity index (χ2n) is 5.97. The van der Waals surface area contributed by atoms with Crippen LogP contribution in [0.4, 0.5) is 0 Å². The van der Waals surface area contributed by atoms with Crippen LogP contribution in [0.5, 0.6) is 0 Å². The summed E-state index contributed by atoms with van der Waals surface area (Å²) < 4.78 is 0. The Morgan fingerprint density at radius 3 is 2.37 bits per heavy atom. The topological polar surface area (TPSA) is 18.5 Å². The summed E-state index contributed by atoms with van der Waals surface area (Å²) in [4.78, 5) is 4.96. The highest BCUT2D eigenvalue weighted by atomic mass is 32.1. The van der Waals surface area contributed by atoms with E-state index < -0.39 is 0 Å². The van der Waals surface area contributed by atoms with Crippen molar-refractivity contribution < 1.29 is 0 Å². The lowest BCUT2D eigenvalue weighted by Crippen LogP contribution is -2.48. The first-order valence-corrected chi connectivity index (χ1v) is 8.06. The Morgan fingerprint density at radius 1 is 1.21 bits per heavy atom. The Bertz CT molecular complexity index is 258. The summed E-state index contributed by atoms with van der Waals surface area (Å²) >= 11 is 4.49. The number of nitrogens with zero attached hydrogens (tertiary/aromatic N) is 2. The van der Waals surface area contributed by atoms with Crippen molar-refractivity contribution in [2.75, 3.05) is 39.3 Å². The SMILES string of the molecule is C=C(CCN1CCN(C(C)S)CC1)NCCC(C)C. The molecular weight excluding hydrogens is 254 g/mol. The largest absolute Gasteiger partial charge is 0.389 e. The van der Waals surface area contributed by atoms with Gasteiger partial charge in [-0.15, -0.1) is 0 Å². The molecule has 0 aromatic heterocycles. The molecule has 1 rings (SSSR count). The van der Waals surface area contributed by atoms with Crippen molar-refractivity contribution in [1.82, 2.24) is 15.1 Å². The smallest absolute Gasteiger partial charge is 0.0500 e. The van der Waals surface area contributed by atoms with Gasteiger partial charge in [0.25, 0.3) is 0 Å². The van der Waals surface area contributed by atoms with Gasteiger partial charge in [-0.2, -0.15) is 12.6 Å². The predicted octanol–water partition coefficient (Wildman–Crippen LogP) is 2.42. The maximum atomic E-state index is 4.49. The van der Waals surface area contributed by atoms with Crippen molar-refractivity contribution in [3.63, 3.8) is 0 Å². The highest BCUT2D eigenvalue weighted by Crippen LogP contribution is 2.09. The average Bonchev–Trinajstić information content (AvgIpc) is 2.36. The van der Waals surface area contributed by atoms with Crippen molar-refractivity contribution in [3.05, 3.63) is 12.3 Å². The molecule has 0 amide bonds. The minimum atomic E-state index is 0.384. The van der Waals surface area contributed by atoms with Gasteiger partial charge in [-0.3, -0.25) is 4.90 Å². The van der Waals surface area contributed by atoms with Crippen LogP contribution in [0.15, 0.2) is 12.3 Å². The highest BCUT2D eigenvalue weighted by Gasteiger charge is 2.18. The van der Waals surface area contributed by atoms with Crippen LogP contribution in [0.3, 0.4) is 0 Å². The molecule has 0 aromatic rings. The summed E-state index contributed by atoms with van der Waals surface area (Å²) in [6.45, 7) is 17.6. The van der Waals surface area contributed by atoms with Crippen LogP contribution in [0, 0.1) is 5.92 Å². The zero-order valence-electron chi connectivity index (χ0n) is 12.9. The van der Waals surface area contributed by atoms with Crippen molar-refractivity contribution in [2.24, 2.45) is 5.92 Å². The quantitative estimate of drug-likeness (QED) is 0.668. The van der Waals surface area contributed by atoms with Gasteiger partial charge in [0.2, 0.25) is 0 Å². The summed E-state index contributed by atoms with van der Waals surface area (Å²) in [6, 6.07) is 0. The first-order valence-electron chi connectivity index (χ1n) is 7.55. The zero-order chi connectivity index (χ0) is 14.3. The molecule has 0 aliphatic carbocycles. The predicted molar refractivity (Wildman–Crippen MR) is 87.7 cm³/mol. The van der Waals surface area contributed by atoms with Crippen molar-refractivity contribution >= 4 is 12.6 Å². The van der Waals surface area contributed by atoms with Gasteiger partial charge >= 0.3 is 0 Å². The number of thiol groups is 1. The standard InChI is InChI=1S/C15H31N3S/c1-13(2)5-7-16-14(3)6-8-17-9-11-18(12-10-17)15(4)19/h13,15-16,19H,3,5-12H2,1-2,4H3. The third-order valence-corrected chi connectivity index (χ3v) is 4.09. The Morgan fingerprint density at radius 2 is 1.84 bits per heavy atom. The molecule has 1 unspecified atom stereocenters. The van der Waals surface area contributed by atoms with Crippen LogP contribution in [-0.4, -0.2) is 54.4 Å². The van der Waals surface area contributed by atoms with E-state index in [0.717, 1.165) is 51.6 Å². The lowest BCUT2D eigenvalue weighted by atomic mass is 10.1. The Hall–Kier alpha value is -0.190. The van der Waals surface area contributed by atoms with Crippen LogP contribution in [0.1, 0.15) is 33.6 Å². The molecule has 0 aromatic carbocycles. The molecule has 0 saturated carbocycles. The fraction of sp³-hybridized carbons (Fsp3) is 0.867. The minimum absolute atomic E-state index is 0.384. The molecule has 1 atom stereocenters. The van der Waals surface area contributed by atoms with Crippen molar-refractivity contribution in [2.45, 2.75) is 39.0 Å². The number of hydrogen-bond acceptors (Lipinski definition) is 4. The Balaban J connectivity index is 2.08. The third kappa shape index (κ3) is 7.23. The van der Waals surface area contributed by atoms with E-state index in [0.29, 0.717) is 5.37 Å². The molecule has 3 nitrogen and oxygen atoms in total. The van der Waals surface area contributed by atoms with E-state index in [1.165, 1.54) is 12.1 Å². The molecule has 4 heteroatoms. The molecule has 112 valence electrons. The zero-order valence-corrected chi connectivity index (χ0v) is 13.8. The molecule has 1 heterocycles. The van der Waals surface area contributed by atoms with Gasteiger partial charge in [0.15, 0.2) is 0 Å². The monoisotopic (exact) mass is 285 g/mol. The normalized spacial score (nSPS) is 19.6. The number of piperazine rings is 1. The van der Waals surface area contributed by atoms with Crippen LogP contribution in [0.25, 0.3) is 0 Å². The molecule has 0 radical (unpaired) electrons.